The van der Waals surface area contributed by atoms with Crippen molar-refractivity contribution in [1.82, 2.24) is 5.32 Å². The average Bonchev–Trinajstić information content (AvgIpc) is 2.38. The molecule has 0 aromatic heterocycles. The zero-order valence-electron chi connectivity index (χ0n) is 9.32. The van der Waals surface area contributed by atoms with Gasteiger partial charge in [-0.1, -0.05) is 18.2 Å². The molecule has 0 radical (unpaired) electrons. The van der Waals surface area contributed by atoms with Gasteiger partial charge in [0.25, 0.3) is 0 Å². The second kappa shape index (κ2) is 5.66. The largest absolute Gasteiger partial charge is 0.462 e. The van der Waals surface area contributed by atoms with Crippen LogP contribution in [0.3, 0.4) is 0 Å². The molecule has 1 aliphatic heterocycles. The Morgan fingerprint density at radius 1 is 1.38 bits per heavy atom. The second-order valence-corrected chi connectivity index (χ2v) is 4.18. The Balaban J connectivity index is 1.79. The highest BCUT2D eigenvalue weighted by Gasteiger charge is 2.15. The van der Waals surface area contributed by atoms with E-state index in [4.69, 9.17) is 4.74 Å². The molecule has 3 heteroatoms. The number of hydrogen-bond donors (Lipinski definition) is 1. The van der Waals surface area contributed by atoms with E-state index in [1.54, 1.807) is 12.1 Å². The molecule has 1 aromatic carbocycles. The fourth-order valence-electron chi connectivity index (χ4n) is 1.92. The fraction of sp³-hybridized carbons (Fsp3) is 0.462. The molecule has 1 aromatic rings. The summed E-state index contributed by atoms with van der Waals surface area (Å²) in [5.41, 5.74) is 0.631. The van der Waals surface area contributed by atoms with Gasteiger partial charge in [0.15, 0.2) is 0 Å². The summed E-state index contributed by atoms with van der Waals surface area (Å²) in [6.45, 7) is 2.58. The van der Waals surface area contributed by atoms with Crippen molar-refractivity contribution in [2.45, 2.75) is 12.8 Å². The third kappa shape index (κ3) is 3.07. The SMILES string of the molecule is O=C(OC[C@@H]1CCCNC1)c1ccccc1. The summed E-state index contributed by atoms with van der Waals surface area (Å²) in [6, 6.07) is 9.14. The van der Waals surface area contributed by atoms with Crippen LogP contribution in [0, 0.1) is 5.92 Å². The zero-order valence-corrected chi connectivity index (χ0v) is 9.32. The fourth-order valence-corrected chi connectivity index (χ4v) is 1.92. The third-order valence-electron chi connectivity index (χ3n) is 2.86. The molecule has 2 rings (SSSR count). The number of benzene rings is 1. The van der Waals surface area contributed by atoms with Crippen LogP contribution in [0.15, 0.2) is 30.3 Å². The van der Waals surface area contributed by atoms with Crippen LogP contribution in [0.25, 0.3) is 0 Å². The molecule has 1 saturated heterocycles. The Morgan fingerprint density at radius 2 is 2.19 bits per heavy atom. The number of hydrogen-bond acceptors (Lipinski definition) is 3. The highest BCUT2D eigenvalue weighted by molar-refractivity contribution is 5.89. The Bertz CT molecular complexity index is 331. The molecular formula is C13H17NO2. The molecule has 0 spiro atoms. The quantitative estimate of drug-likeness (QED) is 0.788. The molecule has 1 aliphatic rings. The monoisotopic (exact) mass is 219 g/mol. The van der Waals surface area contributed by atoms with Crippen molar-refractivity contribution in [2.75, 3.05) is 19.7 Å². The minimum absolute atomic E-state index is 0.217. The lowest BCUT2D eigenvalue weighted by Gasteiger charge is -2.22. The van der Waals surface area contributed by atoms with Crippen molar-refractivity contribution in [2.24, 2.45) is 5.92 Å². The summed E-state index contributed by atoms with van der Waals surface area (Å²) in [7, 11) is 0. The molecule has 86 valence electrons. The molecule has 0 bridgehead atoms. The summed E-state index contributed by atoms with van der Waals surface area (Å²) in [5, 5.41) is 3.31. The first-order chi connectivity index (χ1) is 7.86. The van der Waals surface area contributed by atoms with E-state index in [0.717, 1.165) is 19.5 Å². The molecule has 1 atom stereocenters. The topological polar surface area (TPSA) is 38.3 Å². The van der Waals surface area contributed by atoms with Gasteiger partial charge in [-0.25, -0.2) is 4.79 Å². The van der Waals surface area contributed by atoms with Crippen molar-refractivity contribution >= 4 is 5.97 Å². The van der Waals surface area contributed by atoms with Crippen molar-refractivity contribution in [3.05, 3.63) is 35.9 Å². The van der Waals surface area contributed by atoms with Crippen LogP contribution in [0.2, 0.25) is 0 Å². The normalized spacial score (nSPS) is 20.4. The molecule has 0 aliphatic carbocycles. The van der Waals surface area contributed by atoms with E-state index in [2.05, 4.69) is 5.32 Å². The summed E-state index contributed by atoms with van der Waals surface area (Å²) in [6.07, 6.45) is 2.32. The zero-order chi connectivity index (χ0) is 11.2. The number of esters is 1. The predicted molar refractivity (Wildman–Crippen MR) is 62.3 cm³/mol. The molecule has 0 amide bonds. The van der Waals surface area contributed by atoms with E-state index in [-0.39, 0.29) is 5.97 Å². The lowest BCUT2D eigenvalue weighted by atomic mass is 10.0. The highest BCUT2D eigenvalue weighted by atomic mass is 16.5. The van der Waals surface area contributed by atoms with Gasteiger partial charge in [-0.15, -0.1) is 0 Å². The number of carbonyl (C=O) groups is 1. The van der Waals surface area contributed by atoms with Gasteiger partial charge in [-0.2, -0.15) is 0 Å². The van der Waals surface area contributed by atoms with Gasteiger partial charge in [-0.05, 0) is 31.5 Å². The second-order valence-electron chi connectivity index (χ2n) is 4.18. The molecular weight excluding hydrogens is 202 g/mol. The van der Waals surface area contributed by atoms with E-state index < -0.39 is 0 Å². The van der Waals surface area contributed by atoms with Gasteiger partial charge in [0.05, 0.1) is 12.2 Å². The smallest absolute Gasteiger partial charge is 0.338 e. The van der Waals surface area contributed by atoms with Gasteiger partial charge in [0.1, 0.15) is 0 Å². The van der Waals surface area contributed by atoms with Crippen molar-refractivity contribution < 1.29 is 9.53 Å². The Morgan fingerprint density at radius 3 is 2.88 bits per heavy atom. The van der Waals surface area contributed by atoms with Crippen molar-refractivity contribution in [1.29, 1.82) is 0 Å². The van der Waals surface area contributed by atoms with Gasteiger partial charge in [0, 0.05) is 12.5 Å². The number of piperidine rings is 1. The first-order valence-corrected chi connectivity index (χ1v) is 5.79. The molecule has 3 nitrogen and oxygen atoms in total. The maximum absolute atomic E-state index is 11.6. The molecule has 0 saturated carbocycles. The number of nitrogens with one attached hydrogen (secondary N) is 1. The summed E-state index contributed by atoms with van der Waals surface area (Å²) in [4.78, 5) is 11.6. The molecule has 1 heterocycles. The van der Waals surface area contributed by atoms with Crippen LogP contribution in [-0.2, 0) is 4.74 Å². The Hall–Kier alpha value is -1.35. The summed E-state index contributed by atoms with van der Waals surface area (Å²) in [5.74, 6) is 0.257. The van der Waals surface area contributed by atoms with E-state index in [0.29, 0.717) is 18.1 Å². The van der Waals surface area contributed by atoms with Gasteiger partial charge in [-0.3, -0.25) is 0 Å². The Labute approximate surface area is 95.8 Å². The van der Waals surface area contributed by atoms with Gasteiger partial charge < -0.3 is 10.1 Å². The van der Waals surface area contributed by atoms with E-state index in [1.807, 2.05) is 18.2 Å². The maximum atomic E-state index is 11.6. The number of ether oxygens (including phenoxy) is 1. The summed E-state index contributed by atoms with van der Waals surface area (Å²) < 4.78 is 5.29. The van der Waals surface area contributed by atoms with Crippen LogP contribution in [0.4, 0.5) is 0 Å². The Kier molecular flexibility index (Phi) is 3.94. The lowest BCUT2D eigenvalue weighted by molar-refractivity contribution is 0.0421. The maximum Gasteiger partial charge on any atom is 0.338 e. The summed E-state index contributed by atoms with van der Waals surface area (Å²) >= 11 is 0. The first-order valence-electron chi connectivity index (χ1n) is 5.79. The van der Waals surface area contributed by atoms with E-state index >= 15 is 0 Å². The first kappa shape index (κ1) is 11.1. The molecule has 0 unspecified atom stereocenters. The molecule has 1 N–H and O–H groups in total. The minimum Gasteiger partial charge on any atom is -0.462 e. The minimum atomic E-state index is -0.217. The van der Waals surface area contributed by atoms with Crippen LogP contribution >= 0.6 is 0 Å². The van der Waals surface area contributed by atoms with E-state index in [9.17, 15) is 4.79 Å². The number of carbonyl (C=O) groups excluding carboxylic acids is 1. The third-order valence-corrected chi connectivity index (χ3v) is 2.86. The standard InChI is InChI=1S/C13H17NO2/c15-13(12-6-2-1-3-7-12)16-10-11-5-4-8-14-9-11/h1-3,6-7,11,14H,4-5,8-10H2/t11-/m1/s1. The van der Waals surface area contributed by atoms with Crippen LogP contribution in [0.1, 0.15) is 23.2 Å². The highest BCUT2D eigenvalue weighted by Crippen LogP contribution is 2.11. The number of rotatable bonds is 3. The predicted octanol–water partition coefficient (Wildman–Crippen LogP) is 1.84. The lowest BCUT2D eigenvalue weighted by Crippen LogP contribution is -2.32. The van der Waals surface area contributed by atoms with Crippen LogP contribution in [0.5, 0.6) is 0 Å². The van der Waals surface area contributed by atoms with E-state index in [1.165, 1.54) is 6.42 Å². The van der Waals surface area contributed by atoms with Crippen LogP contribution < -0.4 is 5.32 Å². The molecule has 1 fully saturated rings. The van der Waals surface area contributed by atoms with Gasteiger partial charge >= 0.3 is 5.97 Å². The average molecular weight is 219 g/mol. The van der Waals surface area contributed by atoms with Crippen LogP contribution in [-0.4, -0.2) is 25.7 Å². The van der Waals surface area contributed by atoms with Gasteiger partial charge in [0.2, 0.25) is 0 Å². The van der Waals surface area contributed by atoms with Crippen molar-refractivity contribution in [3.8, 4) is 0 Å². The molecule has 16 heavy (non-hydrogen) atoms. The van der Waals surface area contributed by atoms with Crippen molar-refractivity contribution in [3.63, 3.8) is 0 Å².